The number of allylic oxidation sites excluding steroid dienone is 1. The average molecular weight is 271 g/mol. The van der Waals surface area contributed by atoms with Gasteiger partial charge in [0.15, 0.2) is 5.82 Å². The van der Waals surface area contributed by atoms with E-state index >= 15 is 0 Å². The van der Waals surface area contributed by atoms with E-state index < -0.39 is 0 Å². The van der Waals surface area contributed by atoms with Crippen LogP contribution in [0, 0.1) is 0 Å². The topological polar surface area (TPSA) is 74.2 Å². The van der Waals surface area contributed by atoms with Crippen LogP contribution in [0.3, 0.4) is 0 Å². The van der Waals surface area contributed by atoms with Crippen LogP contribution in [0.2, 0.25) is 0 Å². The van der Waals surface area contributed by atoms with Gasteiger partial charge in [-0.3, -0.25) is 0 Å². The van der Waals surface area contributed by atoms with E-state index in [4.69, 9.17) is 15.0 Å². The number of nitrogens with two attached hydrogens (primary N) is 1. The molecule has 2 N–H and O–H groups in total. The molecule has 1 aromatic carbocycles. The second kappa shape index (κ2) is 5.46. The second-order valence-electron chi connectivity index (χ2n) is 4.96. The minimum Gasteiger partial charge on any atom is -0.497 e. The van der Waals surface area contributed by atoms with E-state index in [9.17, 15) is 0 Å². The van der Waals surface area contributed by atoms with Crippen molar-refractivity contribution in [1.82, 2.24) is 10.1 Å². The van der Waals surface area contributed by atoms with E-state index in [-0.39, 0.29) is 12.0 Å². The summed E-state index contributed by atoms with van der Waals surface area (Å²) in [6, 6.07) is 7.95. The van der Waals surface area contributed by atoms with Crippen molar-refractivity contribution in [3.05, 3.63) is 53.7 Å². The molecule has 1 aliphatic carbocycles. The Hall–Kier alpha value is -2.14. The highest BCUT2D eigenvalue weighted by Crippen LogP contribution is 2.26. The van der Waals surface area contributed by atoms with E-state index in [0.717, 1.165) is 17.7 Å². The van der Waals surface area contributed by atoms with Gasteiger partial charge in [0.05, 0.1) is 13.0 Å². The van der Waals surface area contributed by atoms with Crippen molar-refractivity contribution in [1.29, 1.82) is 0 Å². The summed E-state index contributed by atoms with van der Waals surface area (Å²) < 4.78 is 10.5. The molecule has 0 spiro atoms. The molecule has 0 saturated heterocycles. The Morgan fingerprint density at radius 1 is 1.30 bits per heavy atom. The number of methoxy groups -OCH3 is 1. The summed E-state index contributed by atoms with van der Waals surface area (Å²) in [4.78, 5) is 4.45. The first kappa shape index (κ1) is 12.9. The lowest BCUT2D eigenvalue weighted by Gasteiger charge is -2.02. The zero-order valence-corrected chi connectivity index (χ0v) is 11.3. The number of hydrogen-bond donors (Lipinski definition) is 1. The molecule has 2 aromatic rings. The lowest BCUT2D eigenvalue weighted by atomic mass is 10.1. The molecule has 0 bridgehead atoms. The number of ether oxygens (including phenoxy) is 1. The fourth-order valence-electron chi connectivity index (χ4n) is 2.33. The third-order valence-electron chi connectivity index (χ3n) is 3.44. The van der Waals surface area contributed by atoms with Crippen LogP contribution in [0.1, 0.15) is 29.6 Å². The molecule has 0 aliphatic heterocycles. The van der Waals surface area contributed by atoms with Gasteiger partial charge in [-0.05, 0) is 24.1 Å². The van der Waals surface area contributed by atoms with Crippen LogP contribution in [0.25, 0.3) is 0 Å². The Morgan fingerprint density at radius 3 is 2.75 bits per heavy atom. The number of benzene rings is 1. The van der Waals surface area contributed by atoms with Gasteiger partial charge in [0.1, 0.15) is 5.75 Å². The molecular formula is C15H17N3O2. The van der Waals surface area contributed by atoms with Crippen LogP contribution in [0.4, 0.5) is 0 Å². The van der Waals surface area contributed by atoms with E-state index in [0.29, 0.717) is 18.1 Å². The molecule has 0 saturated carbocycles. The maximum atomic E-state index is 5.83. The highest BCUT2D eigenvalue weighted by Gasteiger charge is 2.22. The fraction of sp³-hybridized carbons (Fsp3) is 0.333. The standard InChI is InChI=1S/C15H17N3O2/c1-19-13-6-2-10(3-7-13)8-14-17-15(20-18-14)11-4-5-12(16)9-11/h2-7,11-12H,8-9,16H2,1H3. The van der Waals surface area contributed by atoms with Gasteiger partial charge in [0.2, 0.25) is 5.89 Å². The molecule has 1 aromatic heterocycles. The van der Waals surface area contributed by atoms with Crippen molar-refractivity contribution >= 4 is 0 Å². The van der Waals surface area contributed by atoms with Crippen molar-refractivity contribution in [3.63, 3.8) is 0 Å². The predicted octanol–water partition coefficient (Wildman–Crippen LogP) is 2.04. The van der Waals surface area contributed by atoms with Gasteiger partial charge in [0.25, 0.3) is 0 Å². The van der Waals surface area contributed by atoms with E-state index in [1.807, 2.05) is 36.4 Å². The number of nitrogens with zero attached hydrogens (tertiary/aromatic N) is 2. The van der Waals surface area contributed by atoms with E-state index in [1.54, 1.807) is 7.11 Å². The number of aromatic nitrogens is 2. The van der Waals surface area contributed by atoms with Crippen molar-refractivity contribution in [2.75, 3.05) is 7.11 Å². The Morgan fingerprint density at radius 2 is 2.10 bits per heavy atom. The lowest BCUT2D eigenvalue weighted by molar-refractivity contribution is 0.360. The Kier molecular flexibility index (Phi) is 3.52. The molecule has 20 heavy (non-hydrogen) atoms. The van der Waals surface area contributed by atoms with E-state index in [1.165, 1.54) is 0 Å². The van der Waals surface area contributed by atoms with Gasteiger partial charge in [-0.2, -0.15) is 4.98 Å². The highest BCUT2D eigenvalue weighted by molar-refractivity contribution is 5.28. The fourth-order valence-corrected chi connectivity index (χ4v) is 2.33. The molecular weight excluding hydrogens is 254 g/mol. The van der Waals surface area contributed by atoms with E-state index in [2.05, 4.69) is 10.1 Å². The first-order valence-corrected chi connectivity index (χ1v) is 6.64. The Labute approximate surface area is 117 Å². The summed E-state index contributed by atoms with van der Waals surface area (Å²) in [6.45, 7) is 0. The van der Waals surface area contributed by atoms with Crippen molar-refractivity contribution in [2.45, 2.75) is 24.8 Å². The summed E-state index contributed by atoms with van der Waals surface area (Å²) in [6.07, 6.45) is 5.51. The van der Waals surface area contributed by atoms with Crippen molar-refractivity contribution in [2.24, 2.45) is 5.73 Å². The smallest absolute Gasteiger partial charge is 0.233 e. The molecule has 2 atom stereocenters. The molecule has 5 nitrogen and oxygen atoms in total. The van der Waals surface area contributed by atoms with Crippen LogP contribution in [0.5, 0.6) is 5.75 Å². The van der Waals surface area contributed by atoms with Crippen LogP contribution >= 0.6 is 0 Å². The molecule has 104 valence electrons. The quantitative estimate of drug-likeness (QED) is 0.861. The predicted molar refractivity (Wildman–Crippen MR) is 74.6 cm³/mol. The largest absolute Gasteiger partial charge is 0.497 e. The molecule has 3 rings (SSSR count). The molecule has 0 radical (unpaired) electrons. The van der Waals surface area contributed by atoms with Crippen LogP contribution in [-0.2, 0) is 6.42 Å². The maximum Gasteiger partial charge on any atom is 0.233 e. The zero-order chi connectivity index (χ0) is 13.9. The van der Waals surface area contributed by atoms with Gasteiger partial charge in [-0.1, -0.05) is 29.4 Å². The lowest BCUT2D eigenvalue weighted by Crippen LogP contribution is -2.14. The summed E-state index contributed by atoms with van der Waals surface area (Å²) in [7, 11) is 1.65. The summed E-state index contributed by atoms with van der Waals surface area (Å²) in [5, 5.41) is 4.03. The first-order chi connectivity index (χ1) is 9.74. The summed E-state index contributed by atoms with van der Waals surface area (Å²) in [5.41, 5.74) is 6.95. The van der Waals surface area contributed by atoms with Crippen molar-refractivity contribution < 1.29 is 9.26 Å². The van der Waals surface area contributed by atoms with Crippen LogP contribution in [0.15, 0.2) is 40.9 Å². The number of hydrogen-bond acceptors (Lipinski definition) is 5. The molecule has 1 aliphatic rings. The first-order valence-electron chi connectivity index (χ1n) is 6.64. The molecule has 0 fully saturated rings. The minimum absolute atomic E-state index is 0.0944. The Bertz CT molecular complexity index is 604. The summed E-state index contributed by atoms with van der Waals surface area (Å²) >= 11 is 0. The van der Waals surface area contributed by atoms with Crippen molar-refractivity contribution in [3.8, 4) is 5.75 Å². The van der Waals surface area contributed by atoms with Gasteiger partial charge >= 0.3 is 0 Å². The number of rotatable bonds is 4. The SMILES string of the molecule is COc1ccc(Cc2noc(C3C=CC(N)C3)n2)cc1. The van der Waals surface area contributed by atoms with Crippen LogP contribution < -0.4 is 10.5 Å². The maximum absolute atomic E-state index is 5.83. The molecule has 2 unspecified atom stereocenters. The van der Waals surface area contributed by atoms with Gasteiger partial charge < -0.3 is 15.0 Å². The third kappa shape index (κ3) is 2.72. The van der Waals surface area contributed by atoms with Gasteiger partial charge in [-0.25, -0.2) is 0 Å². The third-order valence-corrected chi connectivity index (χ3v) is 3.44. The zero-order valence-electron chi connectivity index (χ0n) is 11.3. The highest BCUT2D eigenvalue weighted by atomic mass is 16.5. The van der Waals surface area contributed by atoms with Gasteiger partial charge in [0, 0.05) is 12.5 Å². The Balaban J connectivity index is 1.69. The monoisotopic (exact) mass is 271 g/mol. The molecule has 0 amide bonds. The normalized spacial score (nSPS) is 21.3. The molecule has 1 heterocycles. The average Bonchev–Trinajstić information content (AvgIpc) is 3.09. The minimum atomic E-state index is 0.0944. The second-order valence-corrected chi connectivity index (χ2v) is 4.96. The molecule has 5 heteroatoms. The van der Waals surface area contributed by atoms with Gasteiger partial charge in [-0.15, -0.1) is 0 Å². The van der Waals surface area contributed by atoms with Crippen LogP contribution in [-0.4, -0.2) is 23.3 Å². The summed E-state index contributed by atoms with van der Waals surface area (Å²) in [5.74, 6) is 2.34.